The number of rotatable bonds is 11. The molecule has 3 amide bonds. The van der Waals surface area contributed by atoms with Crippen LogP contribution < -0.4 is 21.1 Å². The van der Waals surface area contributed by atoms with Gasteiger partial charge in [-0.1, -0.05) is 6.07 Å². The van der Waals surface area contributed by atoms with Crippen molar-refractivity contribution in [2.45, 2.75) is 41.5 Å². The fourth-order valence-electron chi connectivity index (χ4n) is 5.70. The molecule has 0 radical (unpaired) electrons. The Morgan fingerprint density at radius 3 is 2.36 bits per heavy atom. The molecule has 1 saturated carbocycles. The maximum atomic E-state index is 15.1. The predicted octanol–water partition coefficient (Wildman–Crippen LogP) is 4.13. The summed E-state index contributed by atoms with van der Waals surface area (Å²) < 4.78 is 66.5. The van der Waals surface area contributed by atoms with E-state index in [0.717, 1.165) is 25.3 Å². The zero-order valence-corrected chi connectivity index (χ0v) is 26.2. The van der Waals surface area contributed by atoms with Crippen molar-refractivity contribution < 1.29 is 45.9 Å². The summed E-state index contributed by atoms with van der Waals surface area (Å²) in [6.45, 7) is -0.00913. The van der Waals surface area contributed by atoms with Crippen molar-refractivity contribution in [3.63, 3.8) is 0 Å². The van der Waals surface area contributed by atoms with E-state index in [-0.39, 0.29) is 51.7 Å². The second-order valence-corrected chi connectivity index (χ2v) is 13.4. The molecule has 248 valence electrons. The second kappa shape index (κ2) is 13.4. The lowest BCUT2D eigenvalue weighted by Crippen LogP contribution is -2.39. The molecule has 1 aliphatic heterocycles. The Kier molecular flexibility index (Phi) is 9.47. The molecule has 3 aromatic rings. The van der Waals surface area contributed by atoms with Gasteiger partial charge in [0.05, 0.1) is 36.1 Å². The van der Waals surface area contributed by atoms with Crippen LogP contribution in [0.5, 0.6) is 5.75 Å². The number of carbonyl (C=O) groups excluding carboxylic acids is 4. The molecular formula is C32H32F2N4O8S. The lowest BCUT2D eigenvalue weighted by atomic mass is 9.93. The quantitative estimate of drug-likeness (QED) is 0.254. The Balaban J connectivity index is 1.64. The van der Waals surface area contributed by atoms with Gasteiger partial charge in [0, 0.05) is 23.7 Å². The number of sulfone groups is 1. The molecule has 5 rings (SSSR count). The minimum absolute atomic E-state index is 0.00913. The Bertz CT molecular complexity index is 1850. The van der Waals surface area contributed by atoms with Gasteiger partial charge in [0.25, 0.3) is 0 Å². The van der Waals surface area contributed by atoms with E-state index in [0.29, 0.717) is 19.1 Å². The number of halogens is 2. The molecule has 4 N–H and O–H groups in total. The number of hydrogen-bond acceptors (Lipinski definition) is 9. The van der Waals surface area contributed by atoms with E-state index in [1.807, 2.05) is 0 Å². The number of anilines is 2. The number of nitrogens with two attached hydrogens (primary N) is 1. The summed E-state index contributed by atoms with van der Waals surface area (Å²) in [5.74, 6) is -4.20. The third-order valence-electron chi connectivity index (χ3n) is 8.24. The van der Waals surface area contributed by atoms with E-state index in [9.17, 15) is 32.0 Å². The molecule has 12 nitrogen and oxygen atoms in total. The van der Waals surface area contributed by atoms with Crippen molar-refractivity contribution in [1.82, 2.24) is 4.90 Å². The number of ether oxygens (including phenoxy) is 2. The first-order chi connectivity index (χ1) is 22.4. The standard InChI is InChI=1S/C32H32F2N4O8S/c1-45-26-14-17(3-9-24(26)34)28(37-25-13-18(30(35)40)4-8-23(25)33)31(41)38-12-11-19(16-39)29(38)22-15-20(36-32(42)46-2)5-10-27(22)47(43,44)21-6-7-21/h3-5,8-10,13-16,19,21,28-29,37H,6-7,11-12H2,1-2H3,(H2,35,40)(H,36,42)/t19-,28-,29+/m0/s1. The van der Waals surface area contributed by atoms with Gasteiger partial charge in [-0.25, -0.2) is 22.0 Å². The zero-order chi connectivity index (χ0) is 34.0. The number of methoxy groups -OCH3 is 2. The van der Waals surface area contributed by atoms with Gasteiger partial charge in [0.2, 0.25) is 11.8 Å². The maximum absolute atomic E-state index is 15.1. The first-order valence-electron chi connectivity index (χ1n) is 14.6. The average molecular weight is 671 g/mol. The Morgan fingerprint density at radius 2 is 1.72 bits per heavy atom. The Morgan fingerprint density at radius 1 is 1.00 bits per heavy atom. The smallest absolute Gasteiger partial charge is 0.411 e. The highest BCUT2D eigenvalue weighted by Gasteiger charge is 2.45. The largest absolute Gasteiger partial charge is 0.494 e. The summed E-state index contributed by atoms with van der Waals surface area (Å²) in [7, 11) is -1.50. The summed E-state index contributed by atoms with van der Waals surface area (Å²) in [6.07, 6.45) is 0.855. The van der Waals surface area contributed by atoms with Gasteiger partial charge in [-0.05, 0) is 78.9 Å². The molecular weight excluding hydrogens is 638 g/mol. The van der Waals surface area contributed by atoms with E-state index >= 15 is 4.39 Å². The Labute approximate surface area is 269 Å². The predicted molar refractivity (Wildman–Crippen MR) is 166 cm³/mol. The van der Waals surface area contributed by atoms with Crippen molar-refractivity contribution in [1.29, 1.82) is 0 Å². The fraction of sp³-hybridized carbons (Fsp3) is 0.312. The van der Waals surface area contributed by atoms with E-state index in [1.54, 1.807) is 0 Å². The van der Waals surface area contributed by atoms with Gasteiger partial charge in [0.15, 0.2) is 21.4 Å². The van der Waals surface area contributed by atoms with Crippen molar-refractivity contribution in [2.24, 2.45) is 11.7 Å². The van der Waals surface area contributed by atoms with Gasteiger partial charge < -0.3 is 30.2 Å². The molecule has 15 heteroatoms. The Hall–Kier alpha value is -5.05. The zero-order valence-electron chi connectivity index (χ0n) is 25.4. The highest BCUT2D eigenvalue weighted by Crippen LogP contribution is 2.45. The molecule has 0 spiro atoms. The van der Waals surface area contributed by atoms with Crippen LogP contribution in [0.2, 0.25) is 0 Å². The summed E-state index contributed by atoms with van der Waals surface area (Å²) >= 11 is 0. The molecule has 1 saturated heterocycles. The molecule has 2 fully saturated rings. The molecule has 3 aromatic carbocycles. The summed E-state index contributed by atoms with van der Waals surface area (Å²) in [5, 5.41) is 4.65. The van der Waals surface area contributed by atoms with E-state index in [1.165, 1.54) is 48.4 Å². The topological polar surface area (TPSA) is 174 Å². The number of nitrogens with one attached hydrogen (secondary N) is 2. The molecule has 0 aromatic heterocycles. The summed E-state index contributed by atoms with van der Waals surface area (Å²) in [4.78, 5) is 52.1. The minimum Gasteiger partial charge on any atom is -0.494 e. The first kappa shape index (κ1) is 33.3. The fourth-order valence-corrected chi connectivity index (χ4v) is 7.58. The SMILES string of the molecule is COC(=O)Nc1ccc(S(=O)(=O)C2CC2)c([C@H]2[C@H](C=O)CCN2C(=O)[C@@H](Nc2cc(C(N)=O)ccc2F)c2ccc(F)c(OC)c2)c1. The third-order valence-corrected chi connectivity index (χ3v) is 10.6. The number of nitrogens with zero attached hydrogens (tertiary/aromatic N) is 1. The number of amides is 3. The van der Waals surface area contributed by atoms with Crippen molar-refractivity contribution >= 4 is 45.4 Å². The van der Waals surface area contributed by atoms with E-state index < -0.39 is 62.6 Å². The highest BCUT2D eigenvalue weighted by atomic mass is 32.2. The van der Waals surface area contributed by atoms with Gasteiger partial charge in [-0.3, -0.25) is 14.9 Å². The lowest BCUT2D eigenvalue weighted by Gasteiger charge is -2.32. The number of primary amides is 1. The molecule has 0 bridgehead atoms. The second-order valence-electron chi connectivity index (χ2n) is 11.2. The lowest BCUT2D eigenvalue weighted by molar-refractivity contribution is -0.133. The van der Waals surface area contributed by atoms with E-state index in [2.05, 4.69) is 15.4 Å². The number of aldehydes is 1. The van der Waals surface area contributed by atoms with Crippen LogP contribution in [0.15, 0.2) is 59.5 Å². The van der Waals surface area contributed by atoms with Crippen molar-refractivity contribution in [2.75, 3.05) is 31.4 Å². The molecule has 0 unspecified atom stereocenters. The van der Waals surface area contributed by atoms with Crippen LogP contribution in [0.4, 0.5) is 25.0 Å². The maximum Gasteiger partial charge on any atom is 0.411 e. The van der Waals surface area contributed by atoms with Gasteiger partial charge in [0.1, 0.15) is 18.1 Å². The van der Waals surface area contributed by atoms with Gasteiger partial charge >= 0.3 is 6.09 Å². The normalized spacial score (nSPS) is 18.3. The van der Waals surface area contributed by atoms with Crippen LogP contribution in [-0.2, 0) is 24.2 Å². The van der Waals surface area contributed by atoms with Crippen LogP contribution in [0, 0.1) is 17.6 Å². The van der Waals surface area contributed by atoms with Crippen LogP contribution >= 0.6 is 0 Å². The molecule has 47 heavy (non-hydrogen) atoms. The summed E-state index contributed by atoms with van der Waals surface area (Å²) in [6, 6.07) is 8.39. The molecule has 2 aliphatic rings. The van der Waals surface area contributed by atoms with Crippen LogP contribution in [-0.4, -0.2) is 63.5 Å². The van der Waals surface area contributed by atoms with Crippen LogP contribution in [0.3, 0.4) is 0 Å². The highest BCUT2D eigenvalue weighted by molar-refractivity contribution is 7.92. The van der Waals surface area contributed by atoms with E-state index in [4.69, 9.17) is 10.5 Å². The van der Waals surface area contributed by atoms with Crippen molar-refractivity contribution in [3.05, 3.63) is 82.9 Å². The number of benzene rings is 3. The minimum atomic E-state index is -3.88. The monoisotopic (exact) mass is 670 g/mol. The van der Waals surface area contributed by atoms with Gasteiger partial charge in [-0.2, -0.15) is 0 Å². The first-order valence-corrected chi connectivity index (χ1v) is 16.1. The molecule has 1 aliphatic carbocycles. The third kappa shape index (κ3) is 6.75. The average Bonchev–Trinajstić information content (AvgIpc) is 3.84. The number of carbonyl (C=O) groups is 4. The number of likely N-dealkylation sites (tertiary alicyclic amines) is 1. The molecule has 1 heterocycles. The van der Waals surface area contributed by atoms with Crippen LogP contribution in [0.1, 0.15) is 52.8 Å². The van der Waals surface area contributed by atoms with Crippen molar-refractivity contribution in [3.8, 4) is 5.75 Å². The van der Waals surface area contributed by atoms with Gasteiger partial charge in [-0.15, -0.1) is 0 Å². The van der Waals surface area contributed by atoms with Crippen LogP contribution in [0.25, 0.3) is 0 Å². The number of hydrogen-bond donors (Lipinski definition) is 3. The molecule has 3 atom stereocenters. The summed E-state index contributed by atoms with van der Waals surface area (Å²) in [5.41, 5.74) is 5.46.